The summed E-state index contributed by atoms with van der Waals surface area (Å²) in [5.74, 6) is 5.15. The SMILES string of the molecule is NNC(=O)c1coc(COc2ccc([N+](=O)[O-])cc2Cl)c1. The van der Waals surface area contributed by atoms with Crippen molar-refractivity contribution in [3.63, 3.8) is 0 Å². The van der Waals surface area contributed by atoms with Crippen molar-refractivity contribution in [2.75, 3.05) is 0 Å². The van der Waals surface area contributed by atoms with E-state index >= 15 is 0 Å². The molecule has 1 aromatic carbocycles. The van der Waals surface area contributed by atoms with Gasteiger partial charge in [0.25, 0.3) is 11.6 Å². The van der Waals surface area contributed by atoms with Crippen molar-refractivity contribution in [2.45, 2.75) is 6.61 Å². The third kappa shape index (κ3) is 3.50. The van der Waals surface area contributed by atoms with Crippen LogP contribution in [0.5, 0.6) is 5.75 Å². The molecule has 0 saturated carbocycles. The molecule has 0 atom stereocenters. The number of halogens is 1. The van der Waals surface area contributed by atoms with Crippen LogP contribution in [0.25, 0.3) is 0 Å². The molecule has 110 valence electrons. The van der Waals surface area contributed by atoms with Gasteiger partial charge in [-0.25, -0.2) is 5.84 Å². The maximum Gasteiger partial charge on any atom is 0.271 e. The van der Waals surface area contributed by atoms with Gasteiger partial charge in [-0.2, -0.15) is 0 Å². The van der Waals surface area contributed by atoms with Gasteiger partial charge in [0.15, 0.2) is 0 Å². The van der Waals surface area contributed by atoms with Gasteiger partial charge in [-0.15, -0.1) is 0 Å². The molecule has 0 aliphatic heterocycles. The topological polar surface area (TPSA) is 121 Å². The normalized spacial score (nSPS) is 10.2. The number of nitrogens with zero attached hydrogens (tertiary/aromatic N) is 1. The van der Waals surface area contributed by atoms with Crippen molar-refractivity contribution < 1.29 is 18.9 Å². The van der Waals surface area contributed by atoms with E-state index in [-0.39, 0.29) is 28.6 Å². The van der Waals surface area contributed by atoms with E-state index in [9.17, 15) is 14.9 Å². The van der Waals surface area contributed by atoms with Gasteiger partial charge in [0.05, 0.1) is 15.5 Å². The largest absolute Gasteiger partial charge is 0.484 e. The Kier molecular flexibility index (Phi) is 4.41. The number of carbonyl (C=O) groups excluding carboxylic acids is 1. The lowest BCUT2D eigenvalue weighted by Gasteiger charge is -2.05. The van der Waals surface area contributed by atoms with Gasteiger partial charge >= 0.3 is 0 Å². The first-order valence-corrected chi connectivity index (χ1v) is 6.04. The molecular weight excluding hydrogens is 302 g/mol. The number of nitro groups is 1. The number of nitro benzene ring substituents is 1. The van der Waals surface area contributed by atoms with E-state index in [1.807, 2.05) is 5.43 Å². The number of hydrogen-bond donors (Lipinski definition) is 2. The fraction of sp³-hybridized carbons (Fsp3) is 0.0833. The first-order valence-electron chi connectivity index (χ1n) is 5.66. The van der Waals surface area contributed by atoms with E-state index < -0.39 is 10.8 Å². The Morgan fingerprint density at radius 2 is 2.24 bits per heavy atom. The highest BCUT2D eigenvalue weighted by Crippen LogP contribution is 2.29. The molecule has 0 saturated heterocycles. The summed E-state index contributed by atoms with van der Waals surface area (Å²) in [5, 5.41) is 10.7. The highest BCUT2D eigenvalue weighted by atomic mass is 35.5. The second kappa shape index (κ2) is 6.25. The Balaban J connectivity index is 2.04. The van der Waals surface area contributed by atoms with Gasteiger partial charge in [0.2, 0.25) is 0 Å². The van der Waals surface area contributed by atoms with Crippen molar-refractivity contribution >= 4 is 23.2 Å². The van der Waals surface area contributed by atoms with Crippen LogP contribution >= 0.6 is 11.6 Å². The third-order valence-corrected chi connectivity index (χ3v) is 2.84. The predicted molar refractivity (Wildman–Crippen MR) is 72.8 cm³/mol. The van der Waals surface area contributed by atoms with Gasteiger partial charge < -0.3 is 9.15 Å². The molecule has 1 aromatic heterocycles. The molecule has 8 nitrogen and oxygen atoms in total. The summed E-state index contributed by atoms with van der Waals surface area (Å²) in [6, 6.07) is 5.31. The molecule has 1 heterocycles. The first kappa shape index (κ1) is 14.8. The van der Waals surface area contributed by atoms with Crippen LogP contribution in [0.4, 0.5) is 5.69 Å². The Morgan fingerprint density at radius 1 is 1.48 bits per heavy atom. The zero-order chi connectivity index (χ0) is 15.4. The number of rotatable bonds is 5. The Labute approximate surface area is 123 Å². The van der Waals surface area contributed by atoms with E-state index in [4.69, 9.17) is 26.6 Å². The second-order valence-electron chi connectivity index (χ2n) is 3.94. The molecule has 0 aliphatic rings. The van der Waals surface area contributed by atoms with Crippen LogP contribution in [0.15, 0.2) is 34.9 Å². The quantitative estimate of drug-likeness (QED) is 0.377. The van der Waals surface area contributed by atoms with Crippen LogP contribution in [0.2, 0.25) is 5.02 Å². The van der Waals surface area contributed by atoms with Gasteiger partial charge in [0, 0.05) is 12.1 Å². The minimum absolute atomic E-state index is 0.00931. The number of ether oxygens (including phenoxy) is 1. The minimum atomic E-state index is -0.556. The summed E-state index contributed by atoms with van der Waals surface area (Å²) >= 11 is 5.88. The summed E-state index contributed by atoms with van der Waals surface area (Å²) in [6.45, 7) is 0.00931. The molecule has 0 radical (unpaired) electrons. The average Bonchev–Trinajstić information content (AvgIpc) is 2.93. The monoisotopic (exact) mass is 311 g/mol. The average molecular weight is 312 g/mol. The predicted octanol–water partition coefficient (Wildman–Crippen LogP) is 2.02. The Morgan fingerprint density at radius 3 is 2.86 bits per heavy atom. The Bertz CT molecular complexity index is 685. The number of hydrogen-bond acceptors (Lipinski definition) is 6. The molecule has 21 heavy (non-hydrogen) atoms. The van der Waals surface area contributed by atoms with E-state index in [0.29, 0.717) is 5.76 Å². The number of benzene rings is 1. The fourth-order valence-electron chi connectivity index (χ4n) is 1.53. The highest BCUT2D eigenvalue weighted by molar-refractivity contribution is 6.32. The van der Waals surface area contributed by atoms with Crippen LogP contribution in [0, 0.1) is 10.1 Å². The molecule has 3 N–H and O–H groups in total. The number of nitrogens with two attached hydrogens (primary N) is 1. The summed E-state index contributed by atoms with van der Waals surface area (Å²) < 4.78 is 10.5. The van der Waals surface area contributed by atoms with Crippen LogP contribution in [-0.4, -0.2) is 10.8 Å². The summed E-state index contributed by atoms with van der Waals surface area (Å²) in [6.07, 6.45) is 1.23. The van der Waals surface area contributed by atoms with Crippen molar-refractivity contribution in [3.05, 3.63) is 57.0 Å². The van der Waals surface area contributed by atoms with Crippen molar-refractivity contribution in [2.24, 2.45) is 5.84 Å². The van der Waals surface area contributed by atoms with E-state index in [1.54, 1.807) is 0 Å². The number of nitrogen functional groups attached to an aromatic ring is 1. The molecule has 2 rings (SSSR count). The number of amides is 1. The summed E-state index contributed by atoms with van der Waals surface area (Å²) in [4.78, 5) is 21.3. The fourth-order valence-corrected chi connectivity index (χ4v) is 1.76. The maximum absolute atomic E-state index is 11.2. The molecular formula is C12H10ClN3O5. The lowest BCUT2D eigenvalue weighted by molar-refractivity contribution is -0.384. The third-order valence-electron chi connectivity index (χ3n) is 2.54. The molecule has 0 unspecified atom stereocenters. The number of non-ortho nitro benzene ring substituents is 1. The smallest absolute Gasteiger partial charge is 0.271 e. The lowest BCUT2D eigenvalue weighted by Crippen LogP contribution is -2.29. The van der Waals surface area contributed by atoms with Crippen LogP contribution in [0.1, 0.15) is 16.1 Å². The summed E-state index contributed by atoms with van der Waals surface area (Å²) in [7, 11) is 0. The van der Waals surface area contributed by atoms with Gasteiger partial charge in [-0.1, -0.05) is 11.6 Å². The Hall–Kier alpha value is -2.58. The molecule has 0 bridgehead atoms. The van der Waals surface area contributed by atoms with Crippen LogP contribution in [-0.2, 0) is 6.61 Å². The molecule has 1 amide bonds. The molecule has 0 fully saturated rings. The molecule has 9 heteroatoms. The van der Waals surface area contributed by atoms with E-state index in [1.165, 1.54) is 30.5 Å². The zero-order valence-electron chi connectivity index (χ0n) is 10.5. The summed E-state index contributed by atoms with van der Waals surface area (Å²) in [5.41, 5.74) is 2.09. The van der Waals surface area contributed by atoms with Crippen molar-refractivity contribution in [1.82, 2.24) is 5.43 Å². The van der Waals surface area contributed by atoms with E-state index in [0.717, 1.165) is 0 Å². The van der Waals surface area contributed by atoms with E-state index in [2.05, 4.69) is 0 Å². The lowest BCUT2D eigenvalue weighted by atomic mass is 10.3. The van der Waals surface area contributed by atoms with Crippen molar-refractivity contribution in [3.8, 4) is 5.75 Å². The highest BCUT2D eigenvalue weighted by Gasteiger charge is 2.12. The van der Waals surface area contributed by atoms with Crippen LogP contribution < -0.4 is 16.0 Å². The number of hydrazine groups is 1. The number of nitrogens with one attached hydrogen (secondary N) is 1. The van der Waals surface area contributed by atoms with Gasteiger partial charge in [-0.05, 0) is 12.1 Å². The molecule has 2 aromatic rings. The standard InChI is InChI=1S/C12H10ClN3O5/c13-10-4-8(16(18)19)1-2-11(10)21-6-9-3-7(5-20-9)12(17)15-14/h1-5H,6,14H2,(H,15,17). The maximum atomic E-state index is 11.2. The van der Waals surface area contributed by atoms with Gasteiger partial charge in [0.1, 0.15) is 24.4 Å². The number of furan rings is 1. The minimum Gasteiger partial charge on any atom is -0.484 e. The second-order valence-corrected chi connectivity index (χ2v) is 4.34. The first-order chi connectivity index (χ1) is 10.0. The molecule has 0 spiro atoms. The number of carbonyl (C=O) groups is 1. The zero-order valence-corrected chi connectivity index (χ0v) is 11.3. The van der Waals surface area contributed by atoms with Crippen LogP contribution in [0.3, 0.4) is 0 Å². The molecule has 0 aliphatic carbocycles. The van der Waals surface area contributed by atoms with Gasteiger partial charge in [-0.3, -0.25) is 20.3 Å². The van der Waals surface area contributed by atoms with Crippen molar-refractivity contribution in [1.29, 1.82) is 0 Å².